The van der Waals surface area contributed by atoms with Crippen LogP contribution in [0.2, 0.25) is 0 Å². The smallest absolute Gasteiger partial charge is 0.241 e. The predicted molar refractivity (Wildman–Crippen MR) is 92.4 cm³/mol. The summed E-state index contributed by atoms with van der Waals surface area (Å²) in [7, 11) is -0.510. The maximum absolute atomic E-state index is 12.4. The Kier molecular flexibility index (Phi) is 5.67. The topological polar surface area (TPSA) is 64.6 Å². The first-order valence-corrected chi connectivity index (χ1v) is 9.15. The van der Waals surface area contributed by atoms with E-state index in [1.165, 1.54) is 7.11 Å². The molecular weight excluding hydrogens is 382 g/mol. The summed E-state index contributed by atoms with van der Waals surface area (Å²) in [5.74, 6) is 1.15. The van der Waals surface area contributed by atoms with E-state index in [2.05, 4.69) is 20.7 Å². The molecule has 7 heteroatoms. The van der Waals surface area contributed by atoms with Gasteiger partial charge in [-0.15, -0.1) is 0 Å². The molecule has 2 rings (SSSR count). The Morgan fingerprint density at radius 1 is 1.00 bits per heavy atom. The molecule has 0 aliphatic heterocycles. The summed E-state index contributed by atoms with van der Waals surface area (Å²) < 4.78 is 38.8. The molecule has 2 aromatic rings. The van der Waals surface area contributed by atoms with E-state index in [-0.39, 0.29) is 4.90 Å². The van der Waals surface area contributed by atoms with E-state index in [4.69, 9.17) is 9.47 Å². The lowest BCUT2D eigenvalue weighted by atomic mass is 10.1. The zero-order valence-electron chi connectivity index (χ0n) is 13.0. The monoisotopic (exact) mass is 399 g/mol. The molecule has 1 unspecified atom stereocenters. The van der Waals surface area contributed by atoms with Crippen LogP contribution in [0.1, 0.15) is 18.5 Å². The van der Waals surface area contributed by atoms with Crippen LogP contribution in [0.3, 0.4) is 0 Å². The van der Waals surface area contributed by atoms with E-state index in [0.29, 0.717) is 11.5 Å². The summed E-state index contributed by atoms with van der Waals surface area (Å²) in [5, 5.41) is 0. The second-order valence-corrected chi connectivity index (χ2v) is 7.54. The minimum absolute atomic E-state index is 0.216. The highest BCUT2D eigenvalue weighted by Crippen LogP contribution is 2.30. The summed E-state index contributed by atoms with van der Waals surface area (Å²) >= 11 is 3.29. The molecule has 0 spiro atoms. The fourth-order valence-corrected chi connectivity index (χ4v) is 3.60. The SMILES string of the molecule is COc1ccc(C(C)NS(=O)(=O)c2ccc(Br)cc2)cc1OC. The molecule has 0 saturated heterocycles. The summed E-state index contributed by atoms with van der Waals surface area (Å²) in [5.41, 5.74) is 0.781. The molecule has 1 atom stereocenters. The van der Waals surface area contributed by atoms with Crippen molar-refractivity contribution in [2.45, 2.75) is 17.9 Å². The van der Waals surface area contributed by atoms with Crippen LogP contribution in [-0.2, 0) is 10.0 Å². The number of halogens is 1. The van der Waals surface area contributed by atoms with Crippen LogP contribution >= 0.6 is 15.9 Å². The van der Waals surface area contributed by atoms with Crippen LogP contribution in [0.4, 0.5) is 0 Å². The lowest BCUT2D eigenvalue weighted by molar-refractivity contribution is 0.354. The minimum Gasteiger partial charge on any atom is -0.493 e. The molecule has 1 N–H and O–H groups in total. The number of hydrogen-bond donors (Lipinski definition) is 1. The molecule has 0 aliphatic carbocycles. The van der Waals surface area contributed by atoms with Gasteiger partial charge in [0.15, 0.2) is 11.5 Å². The summed E-state index contributed by atoms with van der Waals surface area (Å²) in [4.78, 5) is 0.216. The number of methoxy groups -OCH3 is 2. The molecule has 5 nitrogen and oxygen atoms in total. The first-order valence-electron chi connectivity index (χ1n) is 6.87. The molecule has 2 aromatic carbocycles. The lowest BCUT2D eigenvalue weighted by Crippen LogP contribution is -2.26. The number of rotatable bonds is 6. The van der Waals surface area contributed by atoms with Gasteiger partial charge in [0.05, 0.1) is 19.1 Å². The van der Waals surface area contributed by atoms with Crippen molar-refractivity contribution in [3.63, 3.8) is 0 Å². The van der Waals surface area contributed by atoms with Crippen LogP contribution in [-0.4, -0.2) is 22.6 Å². The average molecular weight is 400 g/mol. The highest BCUT2D eigenvalue weighted by atomic mass is 79.9. The van der Waals surface area contributed by atoms with Gasteiger partial charge in [-0.1, -0.05) is 22.0 Å². The molecule has 0 aromatic heterocycles. The van der Waals surface area contributed by atoms with E-state index >= 15 is 0 Å². The molecule has 0 fully saturated rings. The first kappa shape index (κ1) is 17.8. The zero-order chi connectivity index (χ0) is 17.0. The molecule has 0 heterocycles. The van der Waals surface area contributed by atoms with E-state index < -0.39 is 16.1 Å². The molecular formula is C16H18BrNO4S. The van der Waals surface area contributed by atoms with Gasteiger partial charge in [-0.2, -0.15) is 0 Å². The van der Waals surface area contributed by atoms with E-state index in [1.807, 2.05) is 0 Å². The maximum atomic E-state index is 12.4. The van der Waals surface area contributed by atoms with Gasteiger partial charge in [-0.25, -0.2) is 13.1 Å². The molecule has 0 aliphatic rings. The molecule has 0 amide bonds. The maximum Gasteiger partial charge on any atom is 0.241 e. The Hall–Kier alpha value is -1.57. The fraction of sp³-hybridized carbons (Fsp3) is 0.250. The van der Waals surface area contributed by atoms with Crippen LogP contribution in [0, 0.1) is 0 Å². The van der Waals surface area contributed by atoms with Crippen molar-refractivity contribution in [2.24, 2.45) is 0 Å². The van der Waals surface area contributed by atoms with Crippen molar-refractivity contribution < 1.29 is 17.9 Å². The van der Waals surface area contributed by atoms with E-state index in [9.17, 15) is 8.42 Å². The summed E-state index contributed by atoms with van der Waals surface area (Å²) in [6, 6.07) is 11.4. The van der Waals surface area contributed by atoms with E-state index in [1.54, 1.807) is 56.5 Å². The number of sulfonamides is 1. The fourth-order valence-electron chi connectivity index (χ4n) is 2.10. The third kappa shape index (κ3) is 4.25. The highest BCUT2D eigenvalue weighted by Gasteiger charge is 2.19. The second-order valence-electron chi connectivity index (χ2n) is 4.91. The second kappa shape index (κ2) is 7.33. The van der Waals surface area contributed by atoms with Crippen molar-refractivity contribution in [2.75, 3.05) is 14.2 Å². The third-order valence-corrected chi connectivity index (χ3v) is 5.45. The Morgan fingerprint density at radius 3 is 2.17 bits per heavy atom. The van der Waals surface area contributed by atoms with Gasteiger partial charge in [0.1, 0.15) is 0 Å². The Morgan fingerprint density at radius 2 is 1.61 bits per heavy atom. The average Bonchev–Trinajstić information content (AvgIpc) is 2.54. The third-order valence-electron chi connectivity index (χ3n) is 3.36. The Balaban J connectivity index is 2.24. The largest absolute Gasteiger partial charge is 0.493 e. The highest BCUT2D eigenvalue weighted by molar-refractivity contribution is 9.10. The van der Waals surface area contributed by atoms with Gasteiger partial charge >= 0.3 is 0 Å². The van der Waals surface area contributed by atoms with E-state index in [0.717, 1.165) is 10.0 Å². The van der Waals surface area contributed by atoms with Crippen LogP contribution in [0.15, 0.2) is 51.8 Å². The van der Waals surface area contributed by atoms with Crippen LogP contribution in [0.5, 0.6) is 11.5 Å². The first-order chi connectivity index (χ1) is 10.9. The predicted octanol–water partition coefficient (Wildman–Crippen LogP) is 3.51. The molecule has 0 saturated carbocycles. The normalized spacial score (nSPS) is 12.7. The summed E-state index contributed by atoms with van der Waals surface area (Å²) in [6.07, 6.45) is 0. The number of nitrogens with one attached hydrogen (secondary N) is 1. The van der Waals surface area contributed by atoms with Gasteiger partial charge in [0, 0.05) is 10.5 Å². The van der Waals surface area contributed by atoms with Crippen LogP contribution in [0.25, 0.3) is 0 Å². The number of ether oxygens (including phenoxy) is 2. The van der Waals surface area contributed by atoms with Gasteiger partial charge in [-0.3, -0.25) is 0 Å². The number of hydrogen-bond acceptors (Lipinski definition) is 4. The molecule has 124 valence electrons. The van der Waals surface area contributed by atoms with Crippen molar-refractivity contribution in [3.05, 3.63) is 52.5 Å². The van der Waals surface area contributed by atoms with Gasteiger partial charge in [0.2, 0.25) is 10.0 Å². The van der Waals surface area contributed by atoms with Crippen LogP contribution < -0.4 is 14.2 Å². The molecule has 23 heavy (non-hydrogen) atoms. The van der Waals surface area contributed by atoms with Crippen molar-refractivity contribution in [1.29, 1.82) is 0 Å². The standard InChI is InChI=1S/C16H18BrNO4S/c1-11(12-4-9-15(21-2)16(10-12)22-3)18-23(19,20)14-7-5-13(17)6-8-14/h4-11,18H,1-3H3. The van der Waals surface area contributed by atoms with Gasteiger partial charge < -0.3 is 9.47 Å². The van der Waals surface area contributed by atoms with Gasteiger partial charge in [0.25, 0.3) is 0 Å². The quantitative estimate of drug-likeness (QED) is 0.806. The lowest BCUT2D eigenvalue weighted by Gasteiger charge is -2.16. The summed E-state index contributed by atoms with van der Waals surface area (Å²) in [6.45, 7) is 1.78. The zero-order valence-corrected chi connectivity index (χ0v) is 15.4. The van der Waals surface area contributed by atoms with Crippen molar-refractivity contribution in [3.8, 4) is 11.5 Å². The molecule has 0 radical (unpaired) electrons. The Bertz CT molecular complexity index is 775. The minimum atomic E-state index is -3.60. The Labute approximate surface area is 144 Å². The number of benzene rings is 2. The van der Waals surface area contributed by atoms with Gasteiger partial charge in [-0.05, 0) is 48.9 Å². The molecule has 0 bridgehead atoms. The van der Waals surface area contributed by atoms with Crippen molar-refractivity contribution in [1.82, 2.24) is 4.72 Å². The van der Waals surface area contributed by atoms with Crippen molar-refractivity contribution >= 4 is 26.0 Å².